The number of carbonyl (C=O) groups is 2. The number of hydrogen-bond acceptors (Lipinski definition) is 5. The summed E-state index contributed by atoms with van der Waals surface area (Å²) in [4.78, 5) is 30.3. The van der Waals surface area contributed by atoms with Crippen molar-refractivity contribution in [2.24, 2.45) is 0 Å². The lowest BCUT2D eigenvalue weighted by molar-refractivity contribution is -0.132. The maximum absolute atomic E-state index is 15.1. The van der Waals surface area contributed by atoms with Crippen LogP contribution in [-0.4, -0.2) is 36.5 Å². The van der Waals surface area contributed by atoms with Gasteiger partial charge in [-0.15, -0.1) is 0 Å². The van der Waals surface area contributed by atoms with Crippen LogP contribution in [0.25, 0.3) is 5.76 Å². The molecule has 0 saturated carbocycles. The number of rotatable bonds is 4. The third kappa shape index (κ3) is 3.63. The van der Waals surface area contributed by atoms with E-state index in [2.05, 4.69) is 4.90 Å². The molecule has 2 fully saturated rings. The molecule has 0 radical (unpaired) electrons. The Balaban J connectivity index is 1.48. The molecule has 3 aromatic carbocycles. The van der Waals surface area contributed by atoms with Crippen LogP contribution in [0.2, 0.25) is 0 Å². The van der Waals surface area contributed by atoms with Crippen LogP contribution in [0.3, 0.4) is 0 Å². The third-order valence-corrected chi connectivity index (χ3v) is 7.21. The molecule has 3 heterocycles. The molecule has 36 heavy (non-hydrogen) atoms. The molecular weight excluding hydrogens is 459 g/mol. The second kappa shape index (κ2) is 8.82. The number of amides is 1. The molecule has 0 bridgehead atoms. The standard InChI is InChI=1S/C29H25FN2O4/c30-23-6-2-1-5-22(23)26-25(27(33)19-7-12-24-18(17-19)13-16-36-24)28(34)29(35)32(26)21-10-8-20(9-11-21)31-14-3-4-15-31/h1-2,5-12,17,26,33H,3-4,13-16H2/b27-25+. The molecule has 6 nitrogen and oxygen atoms in total. The van der Waals surface area contributed by atoms with Gasteiger partial charge in [-0.2, -0.15) is 0 Å². The Hall–Kier alpha value is -4.13. The third-order valence-electron chi connectivity index (χ3n) is 7.21. The fraction of sp³-hybridized carbons (Fsp3) is 0.241. The monoisotopic (exact) mass is 484 g/mol. The molecule has 0 spiro atoms. The molecule has 182 valence electrons. The van der Waals surface area contributed by atoms with Gasteiger partial charge in [0, 0.05) is 42.0 Å². The predicted octanol–water partition coefficient (Wildman–Crippen LogP) is 4.99. The fourth-order valence-electron chi connectivity index (χ4n) is 5.38. The normalized spacial score (nSPS) is 20.6. The van der Waals surface area contributed by atoms with Gasteiger partial charge in [0.05, 0.1) is 18.2 Å². The summed E-state index contributed by atoms with van der Waals surface area (Å²) in [5.74, 6) is -1.80. The maximum atomic E-state index is 15.1. The topological polar surface area (TPSA) is 70.1 Å². The number of Topliss-reactive ketones (excluding diaryl/α,β-unsaturated/α-hetero) is 1. The zero-order chi connectivity index (χ0) is 24.8. The number of aliphatic hydroxyl groups is 1. The van der Waals surface area contributed by atoms with E-state index in [0.717, 1.165) is 42.9 Å². The van der Waals surface area contributed by atoms with Gasteiger partial charge in [0.1, 0.15) is 17.3 Å². The van der Waals surface area contributed by atoms with Crippen molar-refractivity contribution in [1.29, 1.82) is 0 Å². The lowest BCUT2D eigenvalue weighted by Crippen LogP contribution is -2.30. The first kappa shape index (κ1) is 22.3. The number of anilines is 2. The van der Waals surface area contributed by atoms with Crippen LogP contribution >= 0.6 is 0 Å². The van der Waals surface area contributed by atoms with Gasteiger partial charge in [-0.3, -0.25) is 14.5 Å². The summed E-state index contributed by atoms with van der Waals surface area (Å²) < 4.78 is 20.6. The van der Waals surface area contributed by atoms with E-state index in [-0.39, 0.29) is 16.9 Å². The van der Waals surface area contributed by atoms with E-state index in [1.165, 1.54) is 11.0 Å². The zero-order valence-corrected chi connectivity index (χ0v) is 19.6. The molecule has 2 saturated heterocycles. The summed E-state index contributed by atoms with van der Waals surface area (Å²) >= 11 is 0. The maximum Gasteiger partial charge on any atom is 0.300 e. The Kier molecular flexibility index (Phi) is 5.48. The quantitative estimate of drug-likeness (QED) is 0.321. The first-order chi connectivity index (χ1) is 17.5. The lowest BCUT2D eigenvalue weighted by atomic mass is 9.94. The molecule has 3 aliphatic rings. The number of halogens is 1. The average Bonchev–Trinajstić information content (AvgIpc) is 3.65. The van der Waals surface area contributed by atoms with Crippen molar-refractivity contribution in [1.82, 2.24) is 0 Å². The molecule has 3 aliphatic heterocycles. The molecule has 0 aromatic heterocycles. The van der Waals surface area contributed by atoms with Crippen LogP contribution in [-0.2, 0) is 16.0 Å². The van der Waals surface area contributed by atoms with Crippen molar-refractivity contribution < 1.29 is 23.8 Å². The molecular formula is C29H25FN2O4. The van der Waals surface area contributed by atoms with Gasteiger partial charge in [-0.25, -0.2) is 4.39 Å². The minimum atomic E-state index is -1.10. The predicted molar refractivity (Wildman–Crippen MR) is 135 cm³/mol. The number of hydrogen-bond donors (Lipinski definition) is 1. The fourth-order valence-corrected chi connectivity index (χ4v) is 5.38. The Morgan fingerprint density at radius 3 is 2.42 bits per heavy atom. The van der Waals surface area contributed by atoms with Crippen molar-refractivity contribution in [3.8, 4) is 5.75 Å². The van der Waals surface area contributed by atoms with Crippen molar-refractivity contribution in [2.45, 2.75) is 25.3 Å². The molecule has 6 rings (SSSR count). The van der Waals surface area contributed by atoms with Crippen molar-refractivity contribution in [2.75, 3.05) is 29.5 Å². The van der Waals surface area contributed by atoms with E-state index >= 15 is 4.39 Å². The summed E-state index contributed by atoms with van der Waals surface area (Å²) in [5.41, 5.74) is 2.82. The molecule has 1 N–H and O–H groups in total. The Labute approximate surface area is 208 Å². The lowest BCUT2D eigenvalue weighted by Gasteiger charge is -2.26. The number of ether oxygens (including phenoxy) is 1. The van der Waals surface area contributed by atoms with Gasteiger partial charge in [0.15, 0.2) is 0 Å². The first-order valence-electron chi connectivity index (χ1n) is 12.2. The zero-order valence-electron chi connectivity index (χ0n) is 19.6. The highest BCUT2D eigenvalue weighted by atomic mass is 19.1. The summed E-state index contributed by atoms with van der Waals surface area (Å²) in [7, 11) is 0. The highest BCUT2D eigenvalue weighted by Gasteiger charge is 2.47. The molecule has 1 unspecified atom stereocenters. The van der Waals surface area contributed by atoms with E-state index in [1.54, 1.807) is 48.5 Å². The second-order valence-electron chi connectivity index (χ2n) is 9.32. The molecule has 7 heteroatoms. The molecule has 3 aromatic rings. The van der Waals surface area contributed by atoms with Crippen molar-refractivity contribution in [3.05, 3.63) is 94.8 Å². The van der Waals surface area contributed by atoms with E-state index in [9.17, 15) is 14.7 Å². The number of ketones is 1. The van der Waals surface area contributed by atoms with Crippen LogP contribution in [0.1, 0.15) is 35.6 Å². The number of nitrogens with zero attached hydrogens (tertiary/aromatic N) is 2. The highest BCUT2D eigenvalue weighted by Crippen LogP contribution is 2.43. The van der Waals surface area contributed by atoms with Crippen molar-refractivity contribution in [3.63, 3.8) is 0 Å². The molecule has 1 atom stereocenters. The van der Waals surface area contributed by atoms with Crippen molar-refractivity contribution >= 4 is 28.8 Å². The largest absolute Gasteiger partial charge is 0.507 e. The van der Waals surface area contributed by atoms with E-state index in [0.29, 0.717) is 24.3 Å². The average molecular weight is 485 g/mol. The smallest absolute Gasteiger partial charge is 0.300 e. The minimum absolute atomic E-state index is 0.132. The Morgan fingerprint density at radius 1 is 0.944 bits per heavy atom. The van der Waals surface area contributed by atoms with E-state index in [1.807, 2.05) is 12.1 Å². The minimum Gasteiger partial charge on any atom is -0.507 e. The van der Waals surface area contributed by atoms with Gasteiger partial charge in [0.25, 0.3) is 11.7 Å². The number of carbonyl (C=O) groups excluding carboxylic acids is 2. The number of aliphatic hydroxyl groups excluding tert-OH is 1. The number of fused-ring (bicyclic) bond motifs is 1. The molecule has 0 aliphatic carbocycles. The molecule has 1 amide bonds. The summed E-state index contributed by atoms with van der Waals surface area (Å²) in [6.07, 6.45) is 2.96. The highest BCUT2D eigenvalue weighted by molar-refractivity contribution is 6.51. The van der Waals surface area contributed by atoms with Gasteiger partial charge < -0.3 is 14.7 Å². The Bertz CT molecular complexity index is 1390. The van der Waals surface area contributed by atoms with E-state index < -0.39 is 23.5 Å². The van der Waals surface area contributed by atoms with Gasteiger partial charge >= 0.3 is 0 Å². The van der Waals surface area contributed by atoms with E-state index in [4.69, 9.17) is 4.74 Å². The summed E-state index contributed by atoms with van der Waals surface area (Å²) in [5, 5.41) is 11.3. The SMILES string of the molecule is O=C1C(=O)N(c2ccc(N3CCCC3)cc2)C(c2ccccc2F)/C1=C(\O)c1ccc2c(c1)CCO2. The van der Waals surface area contributed by atoms with Gasteiger partial charge in [0.2, 0.25) is 0 Å². The van der Waals surface area contributed by atoms with Crippen LogP contribution in [0, 0.1) is 5.82 Å². The first-order valence-corrected chi connectivity index (χ1v) is 12.2. The van der Waals surface area contributed by atoms with Crippen LogP contribution in [0.5, 0.6) is 5.75 Å². The van der Waals surface area contributed by atoms with Gasteiger partial charge in [-0.1, -0.05) is 18.2 Å². The number of benzene rings is 3. The van der Waals surface area contributed by atoms with Crippen LogP contribution < -0.4 is 14.5 Å². The van der Waals surface area contributed by atoms with Crippen LogP contribution in [0.4, 0.5) is 15.8 Å². The summed E-state index contributed by atoms with van der Waals surface area (Å²) in [6.45, 7) is 2.50. The summed E-state index contributed by atoms with van der Waals surface area (Å²) in [6, 6.07) is 17.5. The second-order valence-corrected chi connectivity index (χ2v) is 9.32. The Morgan fingerprint density at radius 2 is 1.67 bits per heavy atom. The van der Waals surface area contributed by atoms with Crippen LogP contribution in [0.15, 0.2) is 72.3 Å². The van der Waals surface area contributed by atoms with Gasteiger partial charge in [-0.05, 0) is 66.9 Å².